The third kappa shape index (κ3) is 2.42. The molecular formula is C17H14BrClN2O. The van der Waals surface area contributed by atoms with Crippen LogP contribution in [0.2, 0.25) is 5.02 Å². The molecule has 0 spiro atoms. The number of nitrogens with one attached hydrogen (secondary N) is 1. The number of carbonyl (C=O) groups is 1. The molecule has 0 radical (unpaired) electrons. The average Bonchev–Trinajstić information content (AvgIpc) is 2.76. The minimum absolute atomic E-state index is 0.170. The van der Waals surface area contributed by atoms with Crippen LogP contribution in [0.25, 0.3) is 10.9 Å². The summed E-state index contributed by atoms with van der Waals surface area (Å²) in [6.45, 7) is 1.88. The van der Waals surface area contributed by atoms with Crippen LogP contribution in [-0.2, 0) is 7.05 Å². The zero-order valence-electron chi connectivity index (χ0n) is 12.2. The van der Waals surface area contributed by atoms with Gasteiger partial charge in [-0.15, -0.1) is 0 Å². The summed E-state index contributed by atoms with van der Waals surface area (Å²) in [7, 11) is 1.88. The van der Waals surface area contributed by atoms with Crippen molar-refractivity contribution >= 4 is 50.0 Å². The van der Waals surface area contributed by atoms with Gasteiger partial charge in [0.2, 0.25) is 0 Å². The third-order valence-corrected chi connectivity index (χ3v) is 4.99. The summed E-state index contributed by atoms with van der Waals surface area (Å²) in [6, 6.07) is 13.4. The maximum absolute atomic E-state index is 12.7. The minimum Gasteiger partial charge on any atom is -0.339 e. The molecule has 1 heterocycles. The third-order valence-electron chi connectivity index (χ3n) is 3.78. The number of rotatable bonds is 2. The zero-order valence-corrected chi connectivity index (χ0v) is 14.5. The number of aryl methyl sites for hydroxylation is 1. The molecule has 5 heteroatoms. The SMILES string of the molecule is Cc1c(Cl)cccc1NC(=O)c1c(Br)c2ccccc2n1C. The van der Waals surface area contributed by atoms with Gasteiger partial charge in [0, 0.05) is 28.7 Å². The molecule has 0 saturated carbocycles. The summed E-state index contributed by atoms with van der Waals surface area (Å²) >= 11 is 9.65. The van der Waals surface area contributed by atoms with E-state index in [9.17, 15) is 4.79 Å². The van der Waals surface area contributed by atoms with E-state index in [-0.39, 0.29) is 5.91 Å². The lowest BCUT2D eigenvalue weighted by atomic mass is 10.2. The van der Waals surface area contributed by atoms with Gasteiger partial charge in [-0.3, -0.25) is 4.79 Å². The first kappa shape index (κ1) is 15.1. The number of hydrogen-bond donors (Lipinski definition) is 1. The van der Waals surface area contributed by atoms with Crippen LogP contribution >= 0.6 is 27.5 Å². The molecule has 0 fully saturated rings. The molecule has 0 aliphatic rings. The van der Waals surface area contributed by atoms with E-state index >= 15 is 0 Å². The standard InChI is InChI=1S/C17H14BrClN2O/c1-10-12(19)7-5-8-13(10)20-17(22)16-15(18)11-6-3-4-9-14(11)21(16)2/h3-9H,1-2H3,(H,20,22). The van der Waals surface area contributed by atoms with Gasteiger partial charge in [-0.2, -0.15) is 0 Å². The van der Waals surface area contributed by atoms with Crippen LogP contribution < -0.4 is 5.32 Å². The molecule has 3 nitrogen and oxygen atoms in total. The smallest absolute Gasteiger partial charge is 0.273 e. The Kier molecular flexibility index (Phi) is 3.98. The summed E-state index contributed by atoms with van der Waals surface area (Å²) < 4.78 is 2.68. The second-order valence-corrected chi connectivity index (χ2v) is 6.31. The van der Waals surface area contributed by atoms with E-state index < -0.39 is 0 Å². The highest BCUT2D eigenvalue weighted by molar-refractivity contribution is 9.10. The fourth-order valence-electron chi connectivity index (χ4n) is 2.52. The molecule has 1 aromatic heterocycles. The number of benzene rings is 2. The lowest BCUT2D eigenvalue weighted by molar-refractivity contribution is 0.101. The van der Waals surface area contributed by atoms with Crippen LogP contribution in [0.4, 0.5) is 5.69 Å². The molecule has 0 unspecified atom stereocenters. The molecule has 1 N–H and O–H groups in total. The highest BCUT2D eigenvalue weighted by Crippen LogP contribution is 2.31. The lowest BCUT2D eigenvalue weighted by Crippen LogP contribution is -2.16. The molecule has 0 aliphatic carbocycles. The summed E-state index contributed by atoms with van der Waals surface area (Å²) in [5.74, 6) is -0.170. The van der Waals surface area contributed by atoms with Crippen LogP contribution in [0, 0.1) is 6.92 Å². The Labute approximate surface area is 142 Å². The Morgan fingerprint density at radius 3 is 2.64 bits per heavy atom. The van der Waals surface area contributed by atoms with Crippen LogP contribution in [0.15, 0.2) is 46.9 Å². The number of amides is 1. The lowest BCUT2D eigenvalue weighted by Gasteiger charge is -2.10. The topological polar surface area (TPSA) is 34.0 Å². The van der Waals surface area contributed by atoms with Crippen molar-refractivity contribution in [1.82, 2.24) is 4.57 Å². The van der Waals surface area contributed by atoms with E-state index in [2.05, 4.69) is 21.2 Å². The Morgan fingerprint density at radius 1 is 1.18 bits per heavy atom. The predicted octanol–water partition coefficient (Wildman–Crippen LogP) is 5.15. The van der Waals surface area contributed by atoms with E-state index in [0.717, 1.165) is 26.6 Å². The van der Waals surface area contributed by atoms with Crippen LogP contribution in [0.3, 0.4) is 0 Å². The molecule has 2 aromatic carbocycles. The van der Waals surface area contributed by atoms with Gasteiger partial charge < -0.3 is 9.88 Å². The molecule has 3 aromatic rings. The second kappa shape index (κ2) is 5.78. The quantitative estimate of drug-likeness (QED) is 0.658. The summed E-state index contributed by atoms with van der Waals surface area (Å²) in [5.41, 5.74) is 3.16. The monoisotopic (exact) mass is 376 g/mol. The number of carbonyl (C=O) groups excluding carboxylic acids is 1. The van der Waals surface area contributed by atoms with E-state index in [0.29, 0.717) is 10.7 Å². The molecule has 112 valence electrons. The van der Waals surface area contributed by atoms with E-state index in [4.69, 9.17) is 11.6 Å². The maximum Gasteiger partial charge on any atom is 0.273 e. The minimum atomic E-state index is -0.170. The molecule has 0 atom stereocenters. The number of para-hydroxylation sites is 1. The largest absolute Gasteiger partial charge is 0.339 e. The van der Waals surface area contributed by atoms with Gasteiger partial charge in [0.15, 0.2) is 0 Å². The van der Waals surface area contributed by atoms with E-state index in [1.807, 2.05) is 54.9 Å². The fourth-order valence-corrected chi connectivity index (χ4v) is 3.48. The molecule has 0 saturated heterocycles. The van der Waals surface area contributed by atoms with Crippen molar-refractivity contribution in [3.8, 4) is 0 Å². The van der Waals surface area contributed by atoms with Crippen molar-refractivity contribution in [1.29, 1.82) is 0 Å². The highest BCUT2D eigenvalue weighted by Gasteiger charge is 2.20. The van der Waals surface area contributed by atoms with Gasteiger partial charge in [0.05, 0.1) is 4.47 Å². The number of anilines is 1. The first-order valence-corrected chi connectivity index (χ1v) is 7.97. The van der Waals surface area contributed by atoms with Crippen LogP contribution in [-0.4, -0.2) is 10.5 Å². The van der Waals surface area contributed by atoms with Crippen molar-refractivity contribution in [2.75, 3.05) is 5.32 Å². The van der Waals surface area contributed by atoms with Gasteiger partial charge in [0.25, 0.3) is 5.91 Å². The average molecular weight is 378 g/mol. The van der Waals surface area contributed by atoms with Crippen molar-refractivity contribution in [3.05, 3.63) is 63.2 Å². The highest BCUT2D eigenvalue weighted by atomic mass is 79.9. The fraction of sp³-hybridized carbons (Fsp3) is 0.118. The Balaban J connectivity index is 2.05. The van der Waals surface area contributed by atoms with Gasteiger partial charge >= 0.3 is 0 Å². The van der Waals surface area contributed by atoms with Gasteiger partial charge in [-0.1, -0.05) is 35.9 Å². The molecular weight excluding hydrogens is 364 g/mol. The number of hydrogen-bond acceptors (Lipinski definition) is 1. The maximum atomic E-state index is 12.7. The van der Waals surface area contributed by atoms with Gasteiger partial charge in [-0.05, 0) is 46.6 Å². The van der Waals surface area contributed by atoms with Crippen LogP contribution in [0.1, 0.15) is 16.1 Å². The number of fused-ring (bicyclic) bond motifs is 1. The Morgan fingerprint density at radius 2 is 1.91 bits per heavy atom. The predicted molar refractivity (Wildman–Crippen MR) is 94.8 cm³/mol. The molecule has 1 amide bonds. The van der Waals surface area contributed by atoms with Crippen molar-refractivity contribution < 1.29 is 4.79 Å². The normalized spacial score (nSPS) is 10.9. The molecule has 0 bridgehead atoms. The molecule has 22 heavy (non-hydrogen) atoms. The zero-order chi connectivity index (χ0) is 15.9. The Hall–Kier alpha value is -1.78. The van der Waals surface area contributed by atoms with Crippen LogP contribution in [0.5, 0.6) is 0 Å². The second-order valence-electron chi connectivity index (χ2n) is 5.11. The number of nitrogens with zero attached hydrogens (tertiary/aromatic N) is 1. The molecule has 3 rings (SSSR count). The van der Waals surface area contributed by atoms with E-state index in [1.54, 1.807) is 6.07 Å². The van der Waals surface area contributed by atoms with Crippen molar-refractivity contribution in [2.45, 2.75) is 6.92 Å². The van der Waals surface area contributed by atoms with E-state index in [1.165, 1.54) is 0 Å². The first-order chi connectivity index (χ1) is 10.5. The summed E-state index contributed by atoms with van der Waals surface area (Å²) in [6.07, 6.45) is 0. The first-order valence-electron chi connectivity index (χ1n) is 6.80. The number of halogens is 2. The molecule has 0 aliphatic heterocycles. The number of aromatic nitrogens is 1. The Bertz CT molecular complexity index is 847. The summed E-state index contributed by atoms with van der Waals surface area (Å²) in [4.78, 5) is 12.7. The van der Waals surface area contributed by atoms with Gasteiger partial charge in [0.1, 0.15) is 5.69 Å². The van der Waals surface area contributed by atoms with Crippen molar-refractivity contribution in [3.63, 3.8) is 0 Å². The van der Waals surface area contributed by atoms with Gasteiger partial charge in [-0.25, -0.2) is 0 Å². The van der Waals surface area contributed by atoms with Crippen molar-refractivity contribution in [2.24, 2.45) is 7.05 Å². The summed E-state index contributed by atoms with van der Waals surface area (Å²) in [5, 5.41) is 4.58.